The van der Waals surface area contributed by atoms with Gasteiger partial charge in [-0.05, 0) is 24.1 Å². The van der Waals surface area contributed by atoms with Crippen molar-refractivity contribution in [3.05, 3.63) is 56.1 Å². The van der Waals surface area contributed by atoms with Gasteiger partial charge in [-0.1, -0.05) is 25.4 Å². The molecule has 170 valence electrons. The Morgan fingerprint density at radius 3 is 2.67 bits per heavy atom. The highest BCUT2D eigenvalue weighted by Crippen LogP contribution is 2.27. The molecule has 0 aliphatic carbocycles. The summed E-state index contributed by atoms with van der Waals surface area (Å²) >= 11 is 6.21. The third kappa shape index (κ3) is 3.35. The normalized spacial score (nSPS) is 11.9. The van der Waals surface area contributed by atoms with E-state index >= 15 is 0 Å². The number of nitrogens with one attached hydrogen (secondary N) is 1. The first-order valence-electron chi connectivity index (χ1n) is 10.4. The quantitative estimate of drug-likeness (QED) is 0.421. The predicted octanol–water partition coefficient (Wildman–Crippen LogP) is 1.93. The number of aromatic nitrogens is 9. The number of aryl methyl sites for hydroxylation is 1. The van der Waals surface area contributed by atoms with Gasteiger partial charge in [-0.25, -0.2) is 4.79 Å². The minimum Gasteiger partial charge on any atom is -0.315 e. The van der Waals surface area contributed by atoms with E-state index in [9.17, 15) is 9.59 Å². The molecule has 0 atom stereocenters. The van der Waals surface area contributed by atoms with Crippen molar-refractivity contribution in [3.63, 3.8) is 0 Å². The molecule has 12 heteroatoms. The molecule has 0 fully saturated rings. The molecule has 0 amide bonds. The van der Waals surface area contributed by atoms with Crippen molar-refractivity contribution in [1.82, 2.24) is 43.9 Å². The average molecular weight is 468 g/mol. The Balaban J connectivity index is 1.84. The largest absolute Gasteiger partial charge is 0.332 e. The van der Waals surface area contributed by atoms with Crippen molar-refractivity contribution in [2.75, 3.05) is 0 Å². The Labute approximate surface area is 192 Å². The minimum absolute atomic E-state index is 0.172. The van der Waals surface area contributed by atoms with E-state index < -0.39 is 11.2 Å². The number of halogens is 1. The summed E-state index contributed by atoms with van der Waals surface area (Å²) in [6.07, 6.45) is 1.55. The topological polar surface area (TPSA) is 121 Å². The lowest BCUT2D eigenvalue weighted by molar-refractivity contribution is 0.497. The molecule has 1 aromatic carbocycles. The van der Waals surface area contributed by atoms with Crippen LogP contribution >= 0.6 is 11.6 Å². The molecular weight excluding hydrogens is 446 g/mol. The molecule has 0 unspecified atom stereocenters. The minimum atomic E-state index is -0.434. The Bertz CT molecular complexity index is 1630. The van der Waals surface area contributed by atoms with Gasteiger partial charge in [-0.3, -0.25) is 23.7 Å². The van der Waals surface area contributed by atoms with Crippen LogP contribution in [0.15, 0.2) is 34.1 Å². The SMILES string of the molecule is CC(C)Cn1c(=O)n(C)c(=O)c2c(-c3nncn3C)n(Cc3[nH]nc4ccc(Cl)cc34)nc21. The van der Waals surface area contributed by atoms with Crippen LogP contribution in [-0.2, 0) is 27.2 Å². The van der Waals surface area contributed by atoms with E-state index in [1.165, 1.54) is 7.05 Å². The first kappa shape index (κ1) is 21.1. The zero-order chi connectivity index (χ0) is 23.4. The maximum atomic E-state index is 13.3. The monoisotopic (exact) mass is 467 g/mol. The molecule has 4 aromatic heterocycles. The molecule has 33 heavy (non-hydrogen) atoms. The molecular formula is C21H22ClN9O2. The maximum absolute atomic E-state index is 13.3. The third-order valence-electron chi connectivity index (χ3n) is 5.60. The smallest absolute Gasteiger partial charge is 0.315 e. The van der Waals surface area contributed by atoms with E-state index in [1.54, 1.807) is 33.3 Å². The Morgan fingerprint density at radius 2 is 1.97 bits per heavy atom. The third-order valence-corrected chi connectivity index (χ3v) is 5.83. The molecule has 5 rings (SSSR count). The zero-order valence-corrected chi connectivity index (χ0v) is 19.3. The lowest BCUT2D eigenvalue weighted by atomic mass is 10.2. The van der Waals surface area contributed by atoms with Crippen molar-refractivity contribution < 1.29 is 0 Å². The molecule has 0 saturated carbocycles. The molecule has 4 heterocycles. The zero-order valence-electron chi connectivity index (χ0n) is 18.6. The van der Waals surface area contributed by atoms with Crippen molar-refractivity contribution in [3.8, 4) is 11.5 Å². The second-order valence-electron chi connectivity index (χ2n) is 8.49. The number of nitrogens with zero attached hydrogens (tertiary/aromatic N) is 8. The first-order chi connectivity index (χ1) is 15.8. The van der Waals surface area contributed by atoms with Crippen molar-refractivity contribution in [2.24, 2.45) is 20.0 Å². The number of aromatic amines is 1. The van der Waals surface area contributed by atoms with Crippen LogP contribution < -0.4 is 11.2 Å². The number of fused-ring (bicyclic) bond motifs is 2. The fraction of sp³-hybridized carbons (Fsp3) is 0.333. The molecule has 11 nitrogen and oxygen atoms in total. The van der Waals surface area contributed by atoms with Crippen LogP contribution in [0.25, 0.3) is 33.5 Å². The number of hydrogen-bond acceptors (Lipinski definition) is 6. The standard InChI is InChI=1S/C21H22ClN9O2/c1-11(2)8-30-18-16(20(32)29(4)21(30)33)17(19-26-23-10-28(19)3)31(27-18)9-15-13-7-12(22)5-6-14(13)24-25-15/h5-7,10-11H,8-9H2,1-4H3,(H,24,25). The summed E-state index contributed by atoms with van der Waals surface area (Å²) in [7, 11) is 3.27. The highest BCUT2D eigenvalue weighted by molar-refractivity contribution is 6.31. The highest BCUT2D eigenvalue weighted by atomic mass is 35.5. The summed E-state index contributed by atoms with van der Waals surface area (Å²) in [6, 6.07) is 5.43. The van der Waals surface area contributed by atoms with E-state index in [0.29, 0.717) is 34.1 Å². The van der Waals surface area contributed by atoms with E-state index in [0.717, 1.165) is 21.2 Å². The molecule has 5 aromatic rings. The van der Waals surface area contributed by atoms with E-state index in [4.69, 9.17) is 16.7 Å². The van der Waals surface area contributed by atoms with Gasteiger partial charge in [0, 0.05) is 31.0 Å². The van der Waals surface area contributed by atoms with Crippen LogP contribution in [-0.4, -0.2) is 43.9 Å². The van der Waals surface area contributed by atoms with Crippen LogP contribution in [0.1, 0.15) is 19.5 Å². The molecule has 0 bridgehead atoms. The molecule has 0 spiro atoms. The summed E-state index contributed by atoms with van der Waals surface area (Å²) in [5.41, 5.74) is 1.48. The second-order valence-corrected chi connectivity index (χ2v) is 8.92. The Kier molecular flexibility index (Phi) is 4.93. The van der Waals surface area contributed by atoms with E-state index in [1.807, 2.05) is 26.0 Å². The van der Waals surface area contributed by atoms with Gasteiger partial charge in [0.2, 0.25) is 0 Å². The number of benzene rings is 1. The second kappa shape index (κ2) is 7.69. The first-order valence-corrected chi connectivity index (χ1v) is 10.8. The molecule has 0 aliphatic rings. The lowest BCUT2D eigenvalue weighted by Gasteiger charge is -2.10. The van der Waals surface area contributed by atoms with Crippen LogP contribution in [0.5, 0.6) is 0 Å². The summed E-state index contributed by atoms with van der Waals surface area (Å²) in [5.74, 6) is 0.636. The van der Waals surface area contributed by atoms with Gasteiger partial charge in [-0.2, -0.15) is 10.2 Å². The van der Waals surface area contributed by atoms with Gasteiger partial charge in [0.1, 0.15) is 17.4 Å². The van der Waals surface area contributed by atoms with Gasteiger partial charge in [-0.15, -0.1) is 10.2 Å². The molecule has 1 N–H and O–H groups in total. The van der Waals surface area contributed by atoms with Crippen LogP contribution in [0, 0.1) is 5.92 Å². The number of rotatable bonds is 5. The Hall–Kier alpha value is -3.73. The number of H-pyrrole nitrogens is 1. The van der Waals surface area contributed by atoms with Gasteiger partial charge in [0.25, 0.3) is 5.56 Å². The lowest BCUT2D eigenvalue weighted by Crippen LogP contribution is -2.38. The van der Waals surface area contributed by atoms with Gasteiger partial charge < -0.3 is 4.57 Å². The fourth-order valence-corrected chi connectivity index (χ4v) is 4.21. The predicted molar refractivity (Wildman–Crippen MR) is 124 cm³/mol. The molecule has 0 saturated heterocycles. The maximum Gasteiger partial charge on any atom is 0.332 e. The van der Waals surface area contributed by atoms with Gasteiger partial charge in [0.15, 0.2) is 11.5 Å². The summed E-state index contributed by atoms with van der Waals surface area (Å²) in [4.78, 5) is 26.2. The van der Waals surface area contributed by atoms with E-state index in [2.05, 4.69) is 20.4 Å². The van der Waals surface area contributed by atoms with Gasteiger partial charge in [0.05, 0.1) is 17.8 Å². The molecule has 0 radical (unpaired) electrons. The van der Waals surface area contributed by atoms with Crippen molar-refractivity contribution in [1.29, 1.82) is 0 Å². The summed E-state index contributed by atoms with van der Waals surface area (Å²) in [6.45, 7) is 4.68. The van der Waals surface area contributed by atoms with Crippen LogP contribution in [0.4, 0.5) is 0 Å². The van der Waals surface area contributed by atoms with Crippen LogP contribution in [0.2, 0.25) is 5.02 Å². The average Bonchev–Trinajstić information content (AvgIpc) is 3.47. The fourth-order valence-electron chi connectivity index (χ4n) is 4.04. The molecule has 0 aliphatic heterocycles. The Morgan fingerprint density at radius 1 is 1.18 bits per heavy atom. The summed E-state index contributed by atoms with van der Waals surface area (Å²) < 4.78 is 6.04. The van der Waals surface area contributed by atoms with Crippen LogP contribution in [0.3, 0.4) is 0 Å². The van der Waals surface area contributed by atoms with Crippen molar-refractivity contribution >= 4 is 33.5 Å². The number of hydrogen-bond donors (Lipinski definition) is 1. The van der Waals surface area contributed by atoms with Crippen molar-refractivity contribution in [2.45, 2.75) is 26.9 Å². The van der Waals surface area contributed by atoms with E-state index in [-0.39, 0.29) is 12.5 Å². The highest BCUT2D eigenvalue weighted by Gasteiger charge is 2.25. The summed E-state index contributed by atoms with van der Waals surface area (Å²) in [5, 5.41) is 22.1. The van der Waals surface area contributed by atoms with Gasteiger partial charge >= 0.3 is 5.69 Å².